The molecule has 1 fully saturated rings. The fraction of sp³-hybridized carbons (Fsp3) is 0.385. The second-order valence-electron chi connectivity index (χ2n) is 5.11. The molecule has 23 heavy (non-hydrogen) atoms. The number of furan rings is 1. The van der Waals surface area contributed by atoms with Crippen molar-refractivity contribution in [2.24, 2.45) is 5.73 Å². The number of aliphatic hydroxyl groups is 3. The number of aliphatic hydroxyl groups excluding tert-OH is 3. The zero-order chi connectivity index (χ0) is 16.7. The van der Waals surface area contributed by atoms with Gasteiger partial charge in [0.15, 0.2) is 23.5 Å². The molecule has 0 spiro atoms. The lowest BCUT2D eigenvalue weighted by Gasteiger charge is -2.19. The molecule has 124 valence electrons. The molecule has 0 radical (unpaired) electrons. The number of hydrogen-bond donors (Lipinski definition) is 5. The minimum absolute atomic E-state index is 0.108. The number of amides is 1. The molecule has 10 nitrogen and oxygen atoms in total. The fourth-order valence-electron chi connectivity index (χ4n) is 2.56. The second kappa shape index (κ2) is 5.66. The molecule has 1 saturated heterocycles. The van der Waals surface area contributed by atoms with Gasteiger partial charge in [-0.25, -0.2) is 4.98 Å². The summed E-state index contributed by atoms with van der Waals surface area (Å²) in [6.45, 7) is -0.498. The van der Waals surface area contributed by atoms with Crippen molar-refractivity contribution >= 4 is 11.7 Å². The van der Waals surface area contributed by atoms with E-state index >= 15 is 0 Å². The van der Waals surface area contributed by atoms with Gasteiger partial charge in [0.05, 0.1) is 12.9 Å². The first-order valence-corrected chi connectivity index (χ1v) is 6.79. The highest BCUT2D eigenvalue weighted by molar-refractivity contribution is 5.96. The van der Waals surface area contributed by atoms with Crippen molar-refractivity contribution in [2.45, 2.75) is 24.5 Å². The summed E-state index contributed by atoms with van der Waals surface area (Å²) >= 11 is 0. The predicted molar refractivity (Wildman–Crippen MR) is 75.9 cm³/mol. The third-order valence-corrected chi connectivity index (χ3v) is 3.69. The lowest BCUT2D eigenvalue weighted by molar-refractivity contribution is -0.0511. The molecule has 0 bridgehead atoms. The first kappa shape index (κ1) is 15.5. The van der Waals surface area contributed by atoms with Crippen LogP contribution in [0.3, 0.4) is 0 Å². The van der Waals surface area contributed by atoms with Crippen LogP contribution in [0.2, 0.25) is 0 Å². The van der Waals surface area contributed by atoms with Crippen molar-refractivity contribution in [1.82, 2.24) is 9.55 Å². The van der Waals surface area contributed by atoms with Crippen LogP contribution < -0.4 is 11.5 Å². The number of nitrogens with zero attached hydrogens (tertiary/aromatic N) is 2. The Balaban J connectivity index is 2.13. The number of carbonyl (C=O) groups is 1. The molecule has 7 N–H and O–H groups in total. The SMILES string of the molecule is NC(=O)c1nc(-c2ccco2)n([C@@H]2O[C@H](CO)[C@@H](O)[C@H]2O)c1N. The molecule has 1 amide bonds. The van der Waals surface area contributed by atoms with E-state index in [0.29, 0.717) is 0 Å². The summed E-state index contributed by atoms with van der Waals surface area (Å²) in [6.07, 6.45) is -3.49. The molecule has 3 heterocycles. The summed E-state index contributed by atoms with van der Waals surface area (Å²) in [7, 11) is 0. The van der Waals surface area contributed by atoms with E-state index in [9.17, 15) is 20.1 Å². The number of rotatable bonds is 4. The lowest BCUT2D eigenvalue weighted by Crippen LogP contribution is -2.33. The van der Waals surface area contributed by atoms with E-state index in [4.69, 9.17) is 20.6 Å². The molecule has 0 saturated carbocycles. The van der Waals surface area contributed by atoms with Crippen molar-refractivity contribution in [3.05, 3.63) is 24.1 Å². The largest absolute Gasteiger partial charge is 0.461 e. The van der Waals surface area contributed by atoms with Crippen LogP contribution in [0.15, 0.2) is 22.8 Å². The number of nitrogen functional groups attached to an aromatic ring is 1. The Morgan fingerprint density at radius 3 is 2.65 bits per heavy atom. The van der Waals surface area contributed by atoms with Crippen LogP contribution in [-0.2, 0) is 4.74 Å². The Morgan fingerprint density at radius 1 is 1.39 bits per heavy atom. The quantitative estimate of drug-likeness (QED) is 0.449. The molecule has 1 aliphatic heterocycles. The Bertz CT molecular complexity index is 712. The minimum atomic E-state index is -1.39. The van der Waals surface area contributed by atoms with Crippen molar-refractivity contribution in [3.8, 4) is 11.6 Å². The topological polar surface area (TPSA) is 170 Å². The molecule has 4 atom stereocenters. The number of primary amides is 1. The second-order valence-corrected chi connectivity index (χ2v) is 5.11. The third kappa shape index (κ3) is 2.37. The molecular weight excluding hydrogens is 308 g/mol. The van der Waals surface area contributed by atoms with Crippen molar-refractivity contribution in [1.29, 1.82) is 0 Å². The van der Waals surface area contributed by atoms with Crippen LogP contribution in [0.1, 0.15) is 16.7 Å². The highest BCUT2D eigenvalue weighted by atomic mass is 16.6. The van der Waals surface area contributed by atoms with Crippen molar-refractivity contribution in [2.75, 3.05) is 12.3 Å². The van der Waals surface area contributed by atoms with Gasteiger partial charge < -0.3 is 35.9 Å². The number of imidazole rings is 1. The van der Waals surface area contributed by atoms with Crippen LogP contribution in [-0.4, -0.2) is 55.7 Å². The van der Waals surface area contributed by atoms with Gasteiger partial charge in [-0.05, 0) is 12.1 Å². The Kier molecular flexibility index (Phi) is 3.82. The number of nitrogens with two attached hydrogens (primary N) is 2. The van der Waals surface area contributed by atoms with Gasteiger partial charge in [0, 0.05) is 0 Å². The summed E-state index contributed by atoms with van der Waals surface area (Å²) in [6, 6.07) is 3.18. The Morgan fingerprint density at radius 2 is 2.13 bits per heavy atom. The van der Waals surface area contributed by atoms with Crippen LogP contribution in [0, 0.1) is 0 Å². The highest BCUT2D eigenvalue weighted by Crippen LogP contribution is 2.36. The van der Waals surface area contributed by atoms with Gasteiger partial charge in [0.25, 0.3) is 5.91 Å². The van der Waals surface area contributed by atoms with Crippen LogP contribution in [0.25, 0.3) is 11.6 Å². The van der Waals surface area contributed by atoms with E-state index in [1.807, 2.05) is 0 Å². The van der Waals surface area contributed by atoms with Crippen LogP contribution >= 0.6 is 0 Å². The van der Waals surface area contributed by atoms with Crippen molar-refractivity contribution < 1.29 is 29.3 Å². The number of ether oxygens (including phenoxy) is 1. The standard InChI is InChI=1S/C13H16N4O6/c14-10-7(11(15)21)16-12(5-2-1-3-22-5)17(10)13-9(20)8(19)6(4-18)23-13/h1-3,6,8-9,13,18-20H,4,14H2,(H2,15,21)/t6-,8-,9-,13-/m1/s1. The van der Waals surface area contributed by atoms with Gasteiger partial charge in [-0.2, -0.15) is 0 Å². The number of hydrogen-bond acceptors (Lipinski definition) is 8. The maximum Gasteiger partial charge on any atom is 0.271 e. The normalized spacial score (nSPS) is 27.4. The van der Waals surface area contributed by atoms with Crippen LogP contribution in [0.4, 0.5) is 5.82 Å². The smallest absolute Gasteiger partial charge is 0.271 e. The van der Waals surface area contributed by atoms with Gasteiger partial charge in [-0.3, -0.25) is 9.36 Å². The average Bonchev–Trinajstić information content (AvgIpc) is 3.20. The minimum Gasteiger partial charge on any atom is -0.461 e. The average molecular weight is 324 g/mol. The molecule has 10 heteroatoms. The fourth-order valence-corrected chi connectivity index (χ4v) is 2.56. The van der Waals surface area contributed by atoms with E-state index in [1.165, 1.54) is 10.8 Å². The van der Waals surface area contributed by atoms with Gasteiger partial charge in [-0.1, -0.05) is 0 Å². The first-order valence-electron chi connectivity index (χ1n) is 6.79. The van der Waals surface area contributed by atoms with E-state index in [2.05, 4.69) is 4.98 Å². The maximum atomic E-state index is 11.5. The summed E-state index contributed by atoms with van der Waals surface area (Å²) in [5.74, 6) is -0.627. The van der Waals surface area contributed by atoms with E-state index in [-0.39, 0.29) is 23.1 Å². The highest BCUT2D eigenvalue weighted by Gasteiger charge is 2.45. The molecule has 0 aromatic carbocycles. The molecule has 3 rings (SSSR count). The monoisotopic (exact) mass is 324 g/mol. The first-order chi connectivity index (χ1) is 11.0. The Labute approximate surface area is 129 Å². The van der Waals surface area contributed by atoms with E-state index < -0.39 is 37.1 Å². The Hall–Kier alpha value is -2.40. The molecule has 1 aliphatic rings. The molecule has 2 aromatic heterocycles. The number of carbonyl (C=O) groups excluding carboxylic acids is 1. The zero-order valence-corrected chi connectivity index (χ0v) is 11.9. The third-order valence-electron chi connectivity index (χ3n) is 3.69. The molecule has 2 aromatic rings. The van der Waals surface area contributed by atoms with E-state index in [0.717, 1.165) is 0 Å². The van der Waals surface area contributed by atoms with Gasteiger partial charge in [0.1, 0.15) is 24.1 Å². The maximum absolute atomic E-state index is 11.5. The molecular formula is C13H16N4O6. The summed E-state index contributed by atoms with van der Waals surface area (Å²) in [4.78, 5) is 15.5. The van der Waals surface area contributed by atoms with Crippen molar-refractivity contribution in [3.63, 3.8) is 0 Å². The number of anilines is 1. The predicted octanol–water partition coefficient (Wildman–Crippen LogP) is -1.56. The molecule has 0 aliphatic carbocycles. The number of aromatic nitrogens is 2. The van der Waals surface area contributed by atoms with E-state index in [1.54, 1.807) is 12.1 Å². The summed E-state index contributed by atoms with van der Waals surface area (Å²) in [5.41, 5.74) is 10.9. The van der Waals surface area contributed by atoms with Gasteiger partial charge >= 0.3 is 0 Å². The van der Waals surface area contributed by atoms with Crippen LogP contribution in [0.5, 0.6) is 0 Å². The van der Waals surface area contributed by atoms with Gasteiger partial charge in [0.2, 0.25) is 0 Å². The lowest BCUT2D eigenvalue weighted by atomic mass is 10.1. The molecule has 0 unspecified atom stereocenters. The summed E-state index contributed by atoms with van der Waals surface area (Å²) in [5, 5.41) is 29.3. The zero-order valence-electron chi connectivity index (χ0n) is 11.9. The van der Waals surface area contributed by atoms with Gasteiger partial charge in [-0.15, -0.1) is 0 Å². The summed E-state index contributed by atoms with van der Waals surface area (Å²) < 4.78 is 11.9.